The molecule has 2 aliphatic rings. The first kappa shape index (κ1) is 17.3. The van der Waals surface area contributed by atoms with Gasteiger partial charge in [-0.15, -0.1) is 0 Å². The fourth-order valence-electron chi connectivity index (χ4n) is 3.52. The zero-order valence-corrected chi connectivity index (χ0v) is 15.1. The largest absolute Gasteiger partial charge is 0.372 e. The number of allylic oxidation sites excluding steroid dienone is 3. The Hall–Kier alpha value is -1.02. The molecule has 1 aliphatic carbocycles. The van der Waals surface area contributed by atoms with E-state index in [0.717, 1.165) is 32.6 Å². The molecule has 0 aromatic carbocycles. The van der Waals surface area contributed by atoms with Crippen LogP contribution >= 0.6 is 0 Å². The standard InChI is InChI=1S/C20H34N2/c1-6-19-16-21(17(2)14-20(3,4)5)12-13-22(19)15-18-10-8-7-9-11-18/h8,10-11,19H,2,6-7,9,12-16H2,1,3-5H3. The smallest absolute Gasteiger partial charge is 0.0331 e. The summed E-state index contributed by atoms with van der Waals surface area (Å²) in [5, 5.41) is 0. The molecule has 0 N–H and O–H groups in total. The summed E-state index contributed by atoms with van der Waals surface area (Å²) in [6.07, 6.45) is 11.8. The summed E-state index contributed by atoms with van der Waals surface area (Å²) in [5.74, 6) is 0. The van der Waals surface area contributed by atoms with Crippen molar-refractivity contribution in [2.24, 2.45) is 5.41 Å². The van der Waals surface area contributed by atoms with Crippen molar-refractivity contribution >= 4 is 0 Å². The molecule has 0 aromatic heterocycles. The molecule has 0 amide bonds. The molecule has 2 rings (SSSR count). The van der Waals surface area contributed by atoms with Gasteiger partial charge >= 0.3 is 0 Å². The van der Waals surface area contributed by atoms with Crippen LogP contribution in [0.1, 0.15) is 53.4 Å². The lowest BCUT2D eigenvalue weighted by Crippen LogP contribution is -2.52. The summed E-state index contributed by atoms with van der Waals surface area (Å²) >= 11 is 0. The normalized spacial score (nSPS) is 23.5. The van der Waals surface area contributed by atoms with Crippen molar-refractivity contribution in [3.05, 3.63) is 36.1 Å². The molecular weight excluding hydrogens is 268 g/mol. The molecule has 1 aliphatic heterocycles. The molecule has 0 aromatic rings. The maximum absolute atomic E-state index is 4.36. The Morgan fingerprint density at radius 2 is 2.05 bits per heavy atom. The molecule has 22 heavy (non-hydrogen) atoms. The lowest BCUT2D eigenvalue weighted by molar-refractivity contribution is 0.0953. The van der Waals surface area contributed by atoms with Gasteiger partial charge in [-0.1, -0.05) is 52.5 Å². The minimum atomic E-state index is 0.327. The molecule has 1 fully saturated rings. The molecule has 1 saturated heterocycles. The minimum Gasteiger partial charge on any atom is -0.372 e. The maximum atomic E-state index is 4.36. The molecule has 0 radical (unpaired) electrons. The summed E-state index contributed by atoms with van der Waals surface area (Å²) in [4.78, 5) is 5.20. The van der Waals surface area contributed by atoms with Crippen molar-refractivity contribution in [1.82, 2.24) is 9.80 Å². The lowest BCUT2D eigenvalue weighted by Gasteiger charge is -2.44. The average Bonchev–Trinajstić information content (AvgIpc) is 2.47. The highest BCUT2D eigenvalue weighted by Gasteiger charge is 2.27. The second kappa shape index (κ2) is 7.50. The van der Waals surface area contributed by atoms with Crippen molar-refractivity contribution < 1.29 is 0 Å². The second-order valence-corrected chi connectivity index (χ2v) is 8.04. The van der Waals surface area contributed by atoms with E-state index in [1.807, 2.05) is 0 Å². The quantitative estimate of drug-likeness (QED) is 0.732. The van der Waals surface area contributed by atoms with E-state index in [2.05, 4.69) is 62.3 Å². The first-order valence-electron chi connectivity index (χ1n) is 8.91. The van der Waals surface area contributed by atoms with Gasteiger partial charge in [0.05, 0.1) is 0 Å². The van der Waals surface area contributed by atoms with Crippen molar-refractivity contribution in [1.29, 1.82) is 0 Å². The van der Waals surface area contributed by atoms with Crippen LogP contribution in [0.15, 0.2) is 36.1 Å². The number of rotatable bonds is 5. The predicted octanol–water partition coefficient (Wildman–Crippen LogP) is 4.61. The minimum absolute atomic E-state index is 0.327. The summed E-state index contributed by atoms with van der Waals surface area (Å²) in [5.41, 5.74) is 3.15. The van der Waals surface area contributed by atoms with Crippen LogP contribution in [0.4, 0.5) is 0 Å². The lowest BCUT2D eigenvalue weighted by atomic mass is 9.90. The van der Waals surface area contributed by atoms with Crippen LogP contribution in [-0.2, 0) is 0 Å². The van der Waals surface area contributed by atoms with Gasteiger partial charge in [0.25, 0.3) is 0 Å². The summed E-state index contributed by atoms with van der Waals surface area (Å²) < 4.78 is 0. The van der Waals surface area contributed by atoms with Gasteiger partial charge in [0.2, 0.25) is 0 Å². The average molecular weight is 303 g/mol. The number of nitrogens with zero attached hydrogens (tertiary/aromatic N) is 2. The van der Waals surface area contributed by atoms with E-state index < -0.39 is 0 Å². The molecule has 0 spiro atoms. The third-order valence-electron chi connectivity index (χ3n) is 4.71. The van der Waals surface area contributed by atoms with Gasteiger partial charge in [-0.05, 0) is 36.7 Å². The van der Waals surface area contributed by atoms with E-state index in [0.29, 0.717) is 11.5 Å². The molecule has 1 atom stereocenters. The number of piperazine rings is 1. The topological polar surface area (TPSA) is 6.48 Å². The first-order chi connectivity index (χ1) is 10.4. The summed E-state index contributed by atoms with van der Waals surface area (Å²) in [6, 6.07) is 0.654. The Balaban J connectivity index is 1.92. The fourth-order valence-corrected chi connectivity index (χ4v) is 3.52. The number of hydrogen-bond donors (Lipinski definition) is 0. The third kappa shape index (κ3) is 5.01. The zero-order valence-electron chi connectivity index (χ0n) is 15.1. The molecule has 0 saturated carbocycles. The molecule has 124 valence electrons. The van der Waals surface area contributed by atoms with Crippen LogP contribution in [0.3, 0.4) is 0 Å². The van der Waals surface area contributed by atoms with Gasteiger partial charge < -0.3 is 4.90 Å². The van der Waals surface area contributed by atoms with Crippen LogP contribution in [0.25, 0.3) is 0 Å². The van der Waals surface area contributed by atoms with Gasteiger partial charge in [0.15, 0.2) is 0 Å². The Morgan fingerprint density at radius 1 is 1.27 bits per heavy atom. The van der Waals surface area contributed by atoms with Crippen LogP contribution in [-0.4, -0.2) is 42.0 Å². The predicted molar refractivity (Wildman–Crippen MR) is 96.9 cm³/mol. The van der Waals surface area contributed by atoms with E-state index in [4.69, 9.17) is 0 Å². The van der Waals surface area contributed by atoms with Gasteiger partial charge in [-0.2, -0.15) is 0 Å². The Labute approximate surface area is 137 Å². The van der Waals surface area contributed by atoms with E-state index in [9.17, 15) is 0 Å². The molecular formula is C20H34N2. The third-order valence-corrected chi connectivity index (χ3v) is 4.71. The van der Waals surface area contributed by atoms with Crippen molar-refractivity contribution in [3.63, 3.8) is 0 Å². The Bertz CT molecular complexity index is 439. The van der Waals surface area contributed by atoms with Gasteiger partial charge in [-0.3, -0.25) is 4.90 Å². The highest BCUT2D eigenvalue weighted by Crippen LogP contribution is 2.27. The van der Waals surface area contributed by atoms with Crippen molar-refractivity contribution in [2.45, 2.75) is 59.4 Å². The van der Waals surface area contributed by atoms with Gasteiger partial charge in [-0.25, -0.2) is 0 Å². The Kier molecular flexibility index (Phi) is 5.91. The van der Waals surface area contributed by atoms with Crippen LogP contribution in [0.2, 0.25) is 0 Å². The summed E-state index contributed by atoms with van der Waals surface area (Å²) in [6.45, 7) is 18.1. The summed E-state index contributed by atoms with van der Waals surface area (Å²) in [7, 11) is 0. The van der Waals surface area contributed by atoms with Gasteiger partial charge in [0.1, 0.15) is 0 Å². The molecule has 2 heteroatoms. The van der Waals surface area contributed by atoms with Crippen LogP contribution < -0.4 is 0 Å². The highest BCUT2D eigenvalue weighted by atomic mass is 15.3. The van der Waals surface area contributed by atoms with E-state index in [1.54, 1.807) is 0 Å². The zero-order chi connectivity index (χ0) is 16.2. The van der Waals surface area contributed by atoms with Crippen LogP contribution in [0.5, 0.6) is 0 Å². The maximum Gasteiger partial charge on any atom is 0.0331 e. The van der Waals surface area contributed by atoms with Crippen LogP contribution in [0, 0.1) is 5.41 Å². The van der Waals surface area contributed by atoms with E-state index in [-0.39, 0.29) is 0 Å². The highest BCUT2D eigenvalue weighted by molar-refractivity contribution is 5.24. The first-order valence-corrected chi connectivity index (χ1v) is 8.91. The van der Waals surface area contributed by atoms with E-state index >= 15 is 0 Å². The monoisotopic (exact) mass is 302 g/mol. The Morgan fingerprint density at radius 3 is 2.64 bits per heavy atom. The fraction of sp³-hybridized carbons (Fsp3) is 0.700. The van der Waals surface area contributed by atoms with Crippen molar-refractivity contribution in [3.8, 4) is 0 Å². The SMILES string of the molecule is C=C(CC(C)(C)C)N1CCN(CC2=CCCC=C2)C(CC)C1. The molecule has 2 nitrogen and oxygen atoms in total. The molecule has 1 unspecified atom stereocenters. The molecule has 0 bridgehead atoms. The van der Waals surface area contributed by atoms with E-state index in [1.165, 1.54) is 30.5 Å². The second-order valence-electron chi connectivity index (χ2n) is 8.04. The van der Waals surface area contributed by atoms with Gasteiger partial charge in [0, 0.05) is 37.9 Å². The number of hydrogen-bond acceptors (Lipinski definition) is 2. The molecule has 1 heterocycles. The van der Waals surface area contributed by atoms with Crippen molar-refractivity contribution in [2.75, 3.05) is 26.2 Å².